The van der Waals surface area contributed by atoms with Gasteiger partial charge in [0.05, 0.1) is 5.69 Å². The molecule has 0 saturated carbocycles. The SMILES string of the molecule is CC(=O)NCC1CCN(Cc2cccc(N)c2F)CC1. The number of nitrogen functional groups attached to an aromatic ring is 1. The van der Waals surface area contributed by atoms with E-state index in [0.29, 0.717) is 18.0 Å². The molecule has 1 fully saturated rings. The first-order chi connectivity index (χ1) is 9.56. The number of hydrogen-bond acceptors (Lipinski definition) is 3. The molecule has 0 aliphatic carbocycles. The molecule has 3 N–H and O–H groups in total. The number of nitrogens with one attached hydrogen (secondary N) is 1. The third kappa shape index (κ3) is 3.93. The number of amides is 1. The molecular formula is C15H22FN3O. The Morgan fingerprint density at radius 3 is 2.80 bits per heavy atom. The van der Waals surface area contributed by atoms with E-state index in [1.165, 1.54) is 6.92 Å². The third-order valence-corrected chi connectivity index (χ3v) is 3.85. The Morgan fingerprint density at radius 1 is 1.45 bits per heavy atom. The highest BCUT2D eigenvalue weighted by molar-refractivity contribution is 5.72. The summed E-state index contributed by atoms with van der Waals surface area (Å²) in [6.07, 6.45) is 2.06. The molecule has 1 aliphatic rings. The highest BCUT2D eigenvalue weighted by Crippen LogP contribution is 2.21. The van der Waals surface area contributed by atoms with Crippen molar-refractivity contribution >= 4 is 11.6 Å². The van der Waals surface area contributed by atoms with Crippen molar-refractivity contribution in [3.8, 4) is 0 Å². The molecule has 1 aliphatic heterocycles. The fraction of sp³-hybridized carbons (Fsp3) is 0.533. The van der Waals surface area contributed by atoms with Gasteiger partial charge in [-0.05, 0) is 37.9 Å². The number of likely N-dealkylation sites (tertiary alicyclic amines) is 1. The van der Waals surface area contributed by atoms with E-state index in [2.05, 4.69) is 10.2 Å². The van der Waals surface area contributed by atoms with Crippen LogP contribution in [0.2, 0.25) is 0 Å². The second kappa shape index (κ2) is 6.70. The molecule has 1 amide bonds. The lowest BCUT2D eigenvalue weighted by molar-refractivity contribution is -0.119. The molecule has 110 valence electrons. The van der Waals surface area contributed by atoms with Crippen LogP contribution in [0.3, 0.4) is 0 Å². The van der Waals surface area contributed by atoms with Gasteiger partial charge in [-0.3, -0.25) is 9.69 Å². The minimum absolute atomic E-state index is 0.0225. The van der Waals surface area contributed by atoms with Crippen LogP contribution in [0.25, 0.3) is 0 Å². The van der Waals surface area contributed by atoms with E-state index >= 15 is 0 Å². The van der Waals surface area contributed by atoms with Gasteiger partial charge >= 0.3 is 0 Å². The molecule has 0 spiro atoms. The zero-order chi connectivity index (χ0) is 14.5. The summed E-state index contributed by atoms with van der Waals surface area (Å²) in [5.74, 6) is 0.253. The quantitative estimate of drug-likeness (QED) is 0.826. The first-order valence-electron chi connectivity index (χ1n) is 7.06. The van der Waals surface area contributed by atoms with Gasteiger partial charge in [-0.15, -0.1) is 0 Å². The standard InChI is InChI=1S/C15H22FN3O/c1-11(20)18-9-12-5-7-19(8-6-12)10-13-3-2-4-14(17)15(13)16/h2-4,12H,5-10,17H2,1H3,(H,18,20). The lowest BCUT2D eigenvalue weighted by Gasteiger charge is -2.32. The number of carbonyl (C=O) groups is 1. The molecule has 5 heteroatoms. The van der Waals surface area contributed by atoms with Gasteiger partial charge in [0.1, 0.15) is 0 Å². The number of piperidine rings is 1. The fourth-order valence-electron chi connectivity index (χ4n) is 2.60. The van der Waals surface area contributed by atoms with Crippen LogP contribution in [-0.2, 0) is 11.3 Å². The molecule has 0 atom stereocenters. The Balaban J connectivity index is 1.82. The molecule has 0 aromatic heterocycles. The zero-order valence-corrected chi connectivity index (χ0v) is 11.9. The van der Waals surface area contributed by atoms with E-state index < -0.39 is 0 Å². The molecular weight excluding hydrogens is 257 g/mol. The summed E-state index contributed by atoms with van der Waals surface area (Å²) in [5.41, 5.74) is 6.45. The fourth-order valence-corrected chi connectivity index (χ4v) is 2.60. The molecule has 0 unspecified atom stereocenters. The summed E-state index contributed by atoms with van der Waals surface area (Å²) in [6.45, 7) is 4.74. The van der Waals surface area contributed by atoms with E-state index in [1.807, 2.05) is 0 Å². The van der Waals surface area contributed by atoms with Crippen LogP contribution in [0.1, 0.15) is 25.3 Å². The maximum absolute atomic E-state index is 13.8. The predicted octanol–water partition coefficient (Wildman–Crippen LogP) is 1.76. The molecule has 1 aromatic rings. The van der Waals surface area contributed by atoms with Gasteiger partial charge in [0.25, 0.3) is 0 Å². The van der Waals surface area contributed by atoms with Crippen LogP contribution in [0, 0.1) is 11.7 Å². The molecule has 20 heavy (non-hydrogen) atoms. The summed E-state index contributed by atoms with van der Waals surface area (Å²) in [4.78, 5) is 13.1. The number of nitrogens with zero attached hydrogens (tertiary/aromatic N) is 1. The van der Waals surface area contributed by atoms with Gasteiger partial charge < -0.3 is 11.1 Å². The average Bonchev–Trinajstić information content (AvgIpc) is 2.43. The molecule has 2 rings (SSSR count). The molecule has 4 nitrogen and oxygen atoms in total. The number of nitrogens with two attached hydrogens (primary N) is 1. The average molecular weight is 279 g/mol. The molecule has 0 bridgehead atoms. The second-order valence-electron chi connectivity index (χ2n) is 5.48. The lowest BCUT2D eigenvalue weighted by Crippen LogP contribution is -2.38. The summed E-state index contributed by atoms with van der Waals surface area (Å²) in [6, 6.07) is 5.16. The first kappa shape index (κ1) is 14.8. The summed E-state index contributed by atoms with van der Waals surface area (Å²) < 4.78 is 13.8. The van der Waals surface area contributed by atoms with E-state index in [0.717, 1.165) is 32.5 Å². The number of hydrogen-bond donors (Lipinski definition) is 2. The predicted molar refractivity (Wildman–Crippen MR) is 77.5 cm³/mol. The van der Waals surface area contributed by atoms with E-state index in [-0.39, 0.29) is 17.4 Å². The van der Waals surface area contributed by atoms with Gasteiger partial charge in [-0.1, -0.05) is 12.1 Å². The maximum Gasteiger partial charge on any atom is 0.216 e. The normalized spacial score (nSPS) is 17.1. The van der Waals surface area contributed by atoms with Crippen molar-refractivity contribution in [3.63, 3.8) is 0 Å². The van der Waals surface area contributed by atoms with Gasteiger partial charge in [-0.2, -0.15) is 0 Å². The molecule has 1 saturated heterocycles. The van der Waals surface area contributed by atoms with Crippen LogP contribution in [-0.4, -0.2) is 30.4 Å². The summed E-state index contributed by atoms with van der Waals surface area (Å²) in [5, 5.41) is 2.86. The summed E-state index contributed by atoms with van der Waals surface area (Å²) in [7, 11) is 0. The van der Waals surface area contributed by atoms with Gasteiger partial charge in [-0.25, -0.2) is 4.39 Å². The van der Waals surface area contributed by atoms with Crippen LogP contribution < -0.4 is 11.1 Å². The Morgan fingerprint density at radius 2 is 2.15 bits per heavy atom. The Hall–Kier alpha value is -1.62. The van der Waals surface area contributed by atoms with Crippen LogP contribution in [0.4, 0.5) is 10.1 Å². The van der Waals surface area contributed by atoms with E-state index in [9.17, 15) is 9.18 Å². The van der Waals surface area contributed by atoms with E-state index in [4.69, 9.17) is 5.73 Å². The first-order valence-corrected chi connectivity index (χ1v) is 7.06. The number of rotatable bonds is 4. The van der Waals surface area contributed by atoms with Crippen LogP contribution in [0.15, 0.2) is 18.2 Å². The van der Waals surface area contributed by atoms with Crippen molar-refractivity contribution in [2.75, 3.05) is 25.4 Å². The Kier molecular flexibility index (Phi) is 4.95. The van der Waals surface area contributed by atoms with Crippen LogP contribution >= 0.6 is 0 Å². The molecule has 1 aromatic carbocycles. The minimum Gasteiger partial charge on any atom is -0.396 e. The van der Waals surface area contributed by atoms with Crippen molar-refractivity contribution < 1.29 is 9.18 Å². The number of anilines is 1. The monoisotopic (exact) mass is 279 g/mol. The van der Waals surface area contributed by atoms with Crippen LogP contribution in [0.5, 0.6) is 0 Å². The smallest absolute Gasteiger partial charge is 0.216 e. The number of benzene rings is 1. The number of carbonyl (C=O) groups excluding carboxylic acids is 1. The largest absolute Gasteiger partial charge is 0.396 e. The van der Waals surface area contributed by atoms with E-state index in [1.54, 1.807) is 18.2 Å². The highest BCUT2D eigenvalue weighted by Gasteiger charge is 2.20. The van der Waals surface area contributed by atoms with Crippen molar-refractivity contribution in [1.29, 1.82) is 0 Å². The van der Waals surface area contributed by atoms with Gasteiger partial charge in [0.15, 0.2) is 5.82 Å². The maximum atomic E-state index is 13.8. The number of halogens is 1. The Labute approximate surface area is 119 Å². The minimum atomic E-state index is -0.298. The third-order valence-electron chi connectivity index (χ3n) is 3.85. The van der Waals surface area contributed by atoms with Crippen molar-refractivity contribution in [2.45, 2.75) is 26.3 Å². The Bertz CT molecular complexity index is 470. The zero-order valence-electron chi connectivity index (χ0n) is 11.9. The van der Waals surface area contributed by atoms with Crippen molar-refractivity contribution in [1.82, 2.24) is 10.2 Å². The highest BCUT2D eigenvalue weighted by atomic mass is 19.1. The molecule has 0 radical (unpaired) electrons. The summed E-state index contributed by atoms with van der Waals surface area (Å²) >= 11 is 0. The lowest BCUT2D eigenvalue weighted by atomic mass is 9.96. The molecule has 1 heterocycles. The van der Waals surface area contributed by atoms with Gasteiger partial charge in [0.2, 0.25) is 5.91 Å². The van der Waals surface area contributed by atoms with Gasteiger partial charge in [0, 0.05) is 25.6 Å². The second-order valence-corrected chi connectivity index (χ2v) is 5.48. The topological polar surface area (TPSA) is 58.4 Å². The van der Waals surface area contributed by atoms with Crippen molar-refractivity contribution in [2.24, 2.45) is 5.92 Å². The van der Waals surface area contributed by atoms with Crippen molar-refractivity contribution in [3.05, 3.63) is 29.6 Å².